The SMILES string of the molecule is CN1CCN(c2cc(N)n(C)n2)CC1. The van der Waals surface area contributed by atoms with Crippen LogP contribution in [-0.4, -0.2) is 47.9 Å². The minimum absolute atomic E-state index is 0.721. The van der Waals surface area contributed by atoms with Crippen LogP contribution in [0.4, 0.5) is 11.6 Å². The third-order valence-electron chi connectivity index (χ3n) is 2.73. The Bertz CT molecular complexity index is 292. The second-order valence-corrected chi connectivity index (χ2v) is 3.84. The van der Waals surface area contributed by atoms with Gasteiger partial charge < -0.3 is 15.5 Å². The van der Waals surface area contributed by atoms with Crippen LogP contribution < -0.4 is 10.6 Å². The first kappa shape index (κ1) is 9.33. The number of likely N-dealkylation sites (N-methyl/N-ethyl adjacent to an activating group) is 1. The lowest BCUT2D eigenvalue weighted by molar-refractivity contribution is 0.312. The van der Waals surface area contributed by atoms with Crippen LogP contribution in [0.3, 0.4) is 0 Å². The maximum atomic E-state index is 5.74. The van der Waals surface area contributed by atoms with Gasteiger partial charge in [0.25, 0.3) is 0 Å². The molecule has 0 radical (unpaired) electrons. The molecule has 5 nitrogen and oxygen atoms in total. The van der Waals surface area contributed by atoms with Crippen molar-refractivity contribution in [3.05, 3.63) is 6.07 Å². The number of nitrogen functional groups attached to an aromatic ring is 1. The minimum Gasteiger partial charge on any atom is -0.384 e. The highest BCUT2D eigenvalue weighted by Crippen LogP contribution is 2.16. The van der Waals surface area contributed by atoms with Gasteiger partial charge in [-0.2, -0.15) is 5.10 Å². The molecule has 78 valence electrons. The molecule has 2 rings (SSSR count). The molecule has 1 saturated heterocycles. The summed E-state index contributed by atoms with van der Waals surface area (Å²) in [7, 11) is 4.01. The molecule has 0 saturated carbocycles. The van der Waals surface area contributed by atoms with Gasteiger partial charge in [0.15, 0.2) is 5.82 Å². The Morgan fingerprint density at radius 3 is 2.36 bits per heavy atom. The standard InChI is InChI=1S/C9H17N5/c1-12-3-5-14(6-4-12)9-7-8(10)13(2)11-9/h7H,3-6,10H2,1-2H3. The van der Waals surface area contributed by atoms with Crippen LogP contribution in [-0.2, 0) is 7.05 Å². The summed E-state index contributed by atoms with van der Waals surface area (Å²) in [4.78, 5) is 4.60. The fourth-order valence-corrected chi connectivity index (χ4v) is 1.66. The normalized spacial score (nSPS) is 18.9. The fraction of sp³-hybridized carbons (Fsp3) is 0.667. The number of nitrogens with zero attached hydrogens (tertiary/aromatic N) is 4. The van der Waals surface area contributed by atoms with E-state index in [0.29, 0.717) is 0 Å². The lowest BCUT2D eigenvalue weighted by Crippen LogP contribution is -2.44. The highest BCUT2D eigenvalue weighted by atomic mass is 15.4. The van der Waals surface area contributed by atoms with Crippen molar-refractivity contribution in [3.63, 3.8) is 0 Å². The zero-order chi connectivity index (χ0) is 10.1. The Hall–Kier alpha value is -1.23. The van der Waals surface area contributed by atoms with Gasteiger partial charge in [-0.05, 0) is 7.05 Å². The molecule has 0 unspecified atom stereocenters. The topological polar surface area (TPSA) is 50.3 Å². The Balaban J connectivity index is 2.08. The molecule has 0 bridgehead atoms. The van der Waals surface area contributed by atoms with Crippen LogP contribution in [0.25, 0.3) is 0 Å². The first-order chi connectivity index (χ1) is 6.66. The number of hydrogen-bond donors (Lipinski definition) is 1. The monoisotopic (exact) mass is 195 g/mol. The van der Waals surface area contributed by atoms with E-state index < -0.39 is 0 Å². The van der Waals surface area contributed by atoms with E-state index in [1.807, 2.05) is 13.1 Å². The Labute approximate surface area is 84.1 Å². The second-order valence-electron chi connectivity index (χ2n) is 3.84. The van der Waals surface area contributed by atoms with E-state index in [1.54, 1.807) is 4.68 Å². The zero-order valence-electron chi connectivity index (χ0n) is 8.77. The van der Waals surface area contributed by atoms with Gasteiger partial charge in [0.1, 0.15) is 5.82 Å². The summed E-state index contributed by atoms with van der Waals surface area (Å²) in [5.74, 6) is 1.72. The smallest absolute Gasteiger partial charge is 0.152 e. The third-order valence-corrected chi connectivity index (χ3v) is 2.73. The van der Waals surface area contributed by atoms with Crippen LogP contribution in [0.5, 0.6) is 0 Å². The molecule has 2 heterocycles. The van der Waals surface area contributed by atoms with Gasteiger partial charge in [-0.15, -0.1) is 0 Å². The van der Waals surface area contributed by atoms with Crippen molar-refractivity contribution in [2.75, 3.05) is 43.9 Å². The highest BCUT2D eigenvalue weighted by molar-refractivity contribution is 5.48. The van der Waals surface area contributed by atoms with Crippen molar-refractivity contribution in [3.8, 4) is 0 Å². The number of anilines is 2. The van der Waals surface area contributed by atoms with Crippen LogP contribution in [0.15, 0.2) is 6.07 Å². The van der Waals surface area contributed by atoms with Crippen LogP contribution in [0, 0.1) is 0 Å². The van der Waals surface area contributed by atoms with Crippen molar-refractivity contribution in [2.24, 2.45) is 7.05 Å². The van der Waals surface area contributed by atoms with Gasteiger partial charge in [0.2, 0.25) is 0 Å². The molecule has 0 amide bonds. The molecule has 1 aromatic heterocycles. The third kappa shape index (κ3) is 1.68. The quantitative estimate of drug-likeness (QED) is 0.671. The molecular weight excluding hydrogens is 178 g/mol. The van der Waals surface area contributed by atoms with Gasteiger partial charge in [-0.3, -0.25) is 4.68 Å². The van der Waals surface area contributed by atoms with Gasteiger partial charge >= 0.3 is 0 Å². The molecule has 1 aliphatic rings. The zero-order valence-corrected chi connectivity index (χ0v) is 8.77. The minimum atomic E-state index is 0.721. The first-order valence-electron chi connectivity index (χ1n) is 4.90. The average molecular weight is 195 g/mol. The average Bonchev–Trinajstić information content (AvgIpc) is 2.48. The summed E-state index contributed by atoms with van der Waals surface area (Å²) in [6.07, 6.45) is 0. The van der Waals surface area contributed by atoms with E-state index in [-0.39, 0.29) is 0 Å². The number of rotatable bonds is 1. The maximum Gasteiger partial charge on any atom is 0.152 e. The van der Waals surface area contributed by atoms with Crippen molar-refractivity contribution < 1.29 is 0 Å². The lowest BCUT2D eigenvalue weighted by Gasteiger charge is -2.32. The van der Waals surface area contributed by atoms with E-state index in [1.165, 1.54) is 0 Å². The van der Waals surface area contributed by atoms with Gasteiger partial charge in [-0.1, -0.05) is 0 Å². The highest BCUT2D eigenvalue weighted by Gasteiger charge is 2.16. The van der Waals surface area contributed by atoms with E-state index in [2.05, 4.69) is 21.9 Å². The summed E-state index contributed by atoms with van der Waals surface area (Å²) < 4.78 is 1.72. The van der Waals surface area contributed by atoms with E-state index >= 15 is 0 Å². The predicted octanol–water partition coefficient (Wildman–Crippen LogP) is -0.246. The van der Waals surface area contributed by atoms with Crippen molar-refractivity contribution in [1.29, 1.82) is 0 Å². The summed E-state index contributed by atoms with van der Waals surface area (Å²) in [5.41, 5.74) is 5.74. The molecule has 2 N–H and O–H groups in total. The molecule has 0 aliphatic carbocycles. The van der Waals surface area contributed by atoms with E-state index in [0.717, 1.165) is 37.8 Å². The largest absolute Gasteiger partial charge is 0.384 e. The molecule has 0 aromatic carbocycles. The number of aromatic nitrogens is 2. The summed E-state index contributed by atoms with van der Waals surface area (Å²) in [5, 5.41) is 4.36. The maximum absolute atomic E-state index is 5.74. The lowest BCUT2D eigenvalue weighted by atomic mass is 10.3. The number of nitrogens with two attached hydrogens (primary N) is 1. The molecule has 0 atom stereocenters. The van der Waals surface area contributed by atoms with Crippen molar-refractivity contribution in [2.45, 2.75) is 0 Å². The molecule has 14 heavy (non-hydrogen) atoms. The van der Waals surface area contributed by atoms with Crippen molar-refractivity contribution in [1.82, 2.24) is 14.7 Å². The van der Waals surface area contributed by atoms with Crippen LogP contribution >= 0.6 is 0 Å². The molecule has 0 spiro atoms. The van der Waals surface area contributed by atoms with E-state index in [4.69, 9.17) is 5.73 Å². The number of piperazine rings is 1. The molecule has 1 aromatic rings. The number of aryl methyl sites for hydroxylation is 1. The summed E-state index contributed by atoms with van der Waals surface area (Å²) >= 11 is 0. The molecular formula is C9H17N5. The summed E-state index contributed by atoms with van der Waals surface area (Å²) in [6, 6.07) is 1.94. The van der Waals surface area contributed by atoms with E-state index in [9.17, 15) is 0 Å². The van der Waals surface area contributed by atoms with Gasteiger partial charge in [0, 0.05) is 39.3 Å². The van der Waals surface area contributed by atoms with Gasteiger partial charge in [-0.25, -0.2) is 0 Å². The van der Waals surface area contributed by atoms with Crippen LogP contribution in [0.1, 0.15) is 0 Å². The fourth-order valence-electron chi connectivity index (χ4n) is 1.66. The van der Waals surface area contributed by atoms with Crippen LogP contribution in [0.2, 0.25) is 0 Å². The Morgan fingerprint density at radius 1 is 1.21 bits per heavy atom. The number of hydrogen-bond acceptors (Lipinski definition) is 4. The first-order valence-corrected chi connectivity index (χ1v) is 4.90. The Kier molecular flexibility index (Phi) is 2.33. The summed E-state index contributed by atoms with van der Waals surface area (Å²) in [6.45, 7) is 4.26. The molecule has 5 heteroatoms. The second kappa shape index (κ2) is 3.49. The molecule has 1 fully saturated rings. The predicted molar refractivity (Wildman–Crippen MR) is 57.3 cm³/mol. The van der Waals surface area contributed by atoms with Gasteiger partial charge in [0.05, 0.1) is 0 Å². The molecule has 1 aliphatic heterocycles. The Morgan fingerprint density at radius 2 is 1.86 bits per heavy atom. The van der Waals surface area contributed by atoms with Crippen molar-refractivity contribution >= 4 is 11.6 Å².